The number of carbonyl (C=O) groups excluding carboxylic acids is 2. The van der Waals surface area contributed by atoms with E-state index in [0.717, 1.165) is 12.7 Å². The van der Waals surface area contributed by atoms with Crippen molar-refractivity contribution in [1.82, 2.24) is 10.2 Å². The monoisotopic (exact) mass is 506 g/mol. The number of carbonyl (C=O) groups is 2. The fraction of sp³-hybridized carbons (Fsp3) is 0.417. The fourth-order valence-electron chi connectivity index (χ4n) is 4.89. The van der Waals surface area contributed by atoms with Gasteiger partial charge in [-0.1, -0.05) is 23.7 Å². The van der Waals surface area contributed by atoms with E-state index in [9.17, 15) is 22.4 Å². The van der Waals surface area contributed by atoms with Gasteiger partial charge in [0.15, 0.2) is 9.84 Å². The summed E-state index contributed by atoms with van der Waals surface area (Å²) in [5.41, 5.74) is 0.550. The van der Waals surface area contributed by atoms with E-state index in [1.807, 2.05) is 0 Å². The number of hydrogen-bond acceptors (Lipinski definition) is 5. The number of fused-ring (bicyclic) bond motifs is 1. The Morgan fingerprint density at radius 3 is 2.59 bits per heavy atom. The second-order valence-electron chi connectivity index (χ2n) is 9.28. The number of likely N-dealkylation sites (tertiary alicyclic amines) is 1. The highest BCUT2D eigenvalue weighted by Gasteiger charge is 2.56. The Labute approximate surface area is 202 Å². The zero-order valence-corrected chi connectivity index (χ0v) is 20.0. The molecule has 0 aromatic heterocycles. The summed E-state index contributed by atoms with van der Waals surface area (Å²) < 4.78 is 43.8. The summed E-state index contributed by atoms with van der Waals surface area (Å²) in [4.78, 5) is 28.4. The van der Waals surface area contributed by atoms with Gasteiger partial charge in [-0.05, 0) is 49.1 Å². The highest BCUT2D eigenvalue weighted by Crippen LogP contribution is 2.48. The van der Waals surface area contributed by atoms with Gasteiger partial charge in [-0.25, -0.2) is 12.8 Å². The van der Waals surface area contributed by atoms with Gasteiger partial charge in [-0.15, -0.1) is 0 Å². The molecule has 180 valence electrons. The molecule has 0 spiro atoms. The first-order valence-corrected chi connectivity index (χ1v) is 13.4. The zero-order valence-electron chi connectivity index (χ0n) is 18.4. The van der Waals surface area contributed by atoms with Crippen LogP contribution in [0, 0.1) is 17.7 Å². The number of sulfone groups is 1. The molecule has 2 saturated heterocycles. The first kappa shape index (κ1) is 23.3. The molecule has 2 aromatic rings. The van der Waals surface area contributed by atoms with Gasteiger partial charge in [-0.3, -0.25) is 9.59 Å². The van der Waals surface area contributed by atoms with E-state index >= 15 is 0 Å². The van der Waals surface area contributed by atoms with E-state index in [2.05, 4.69) is 5.32 Å². The van der Waals surface area contributed by atoms with Gasteiger partial charge in [0.2, 0.25) is 5.91 Å². The molecule has 10 heteroatoms. The van der Waals surface area contributed by atoms with E-state index < -0.39 is 27.7 Å². The van der Waals surface area contributed by atoms with Crippen LogP contribution in [0.2, 0.25) is 5.02 Å². The van der Waals surface area contributed by atoms with Crippen molar-refractivity contribution >= 4 is 33.3 Å². The largest absolute Gasteiger partial charge is 0.381 e. The molecule has 5 rings (SSSR count). The number of piperidine rings is 1. The standard InChI is InChI=1S/C24H24ClFN2O5S/c1-34(31,32)17-4-2-3-13(7-17)24(30)28-20-8-14(20)9-21(28)23(29)27-22(15-11-33-12-15)18-6-5-16(25)10-19(18)26/h2-7,10,14-15,20-22H,8-9,11-12H2,1H3,(H,27,29)/t14-,20-,21-,22?/m1/s1. The maximum absolute atomic E-state index is 14.7. The zero-order chi connectivity index (χ0) is 24.2. The number of ether oxygens (including phenoxy) is 1. The van der Waals surface area contributed by atoms with Crippen molar-refractivity contribution in [2.45, 2.75) is 35.9 Å². The predicted molar refractivity (Wildman–Crippen MR) is 123 cm³/mol. The lowest BCUT2D eigenvalue weighted by Gasteiger charge is -2.36. The summed E-state index contributed by atoms with van der Waals surface area (Å²) in [6.07, 6.45) is 2.41. The number of benzene rings is 2. The molecule has 2 heterocycles. The normalized spacial score (nSPS) is 24.8. The van der Waals surface area contributed by atoms with Crippen molar-refractivity contribution in [3.8, 4) is 0 Å². The lowest BCUT2D eigenvalue weighted by molar-refractivity contribution is -0.128. The molecule has 1 N–H and O–H groups in total. The third kappa shape index (κ3) is 4.32. The van der Waals surface area contributed by atoms with E-state index in [1.165, 1.54) is 24.3 Å². The van der Waals surface area contributed by atoms with Crippen LogP contribution in [-0.2, 0) is 19.4 Å². The smallest absolute Gasteiger partial charge is 0.254 e. The van der Waals surface area contributed by atoms with E-state index in [-0.39, 0.29) is 45.2 Å². The minimum absolute atomic E-state index is 0.0501. The van der Waals surface area contributed by atoms with Crippen molar-refractivity contribution in [2.75, 3.05) is 19.5 Å². The van der Waals surface area contributed by atoms with Crippen LogP contribution in [0.25, 0.3) is 0 Å². The second-order valence-corrected chi connectivity index (χ2v) is 11.7. The van der Waals surface area contributed by atoms with Crippen LogP contribution in [0.4, 0.5) is 4.39 Å². The summed E-state index contributed by atoms with van der Waals surface area (Å²) in [6.45, 7) is 0.785. The second kappa shape index (κ2) is 8.62. The molecule has 2 aromatic carbocycles. The molecule has 7 nitrogen and oxygen atoms in total. The van der Waals surface area contributed by atoms with Crippen LogP contribution in [-0.4, -0.2) is 56.7 Å². The molecule has 4 atom stereocenters. The molecule has 3 fully saturated rings. The first-order valence-electron chi connectivity index (χ1n) is 11.1. The van der Waals surface area contributed by atoms with Gasteiger partial charge in [0, 0.05) is 34.4 Å². The van der Waals surface area contributed by atoms with Crippen molar-refractivity contribution in [3.05, 3.63) is 64.4 Å². The van der Waals surface area contributed by atoms with Crippen LogP contribution in [0.1, 0.15) is 34.8 Å². The van der Waals surface area contributed by atoms with Gasteiger partial charge in [0.25, 0.3) is 5.91 Å². The summed E-state index contributed by atoms with van der Waals surface area (Å²) >= 11 is 5.90. The maximum Gasteiger partial charge on any atom is 0.254 e. The average Bonchev–Trinajstić information content (AvgIpc) is 3.40. The third-order valence-corrected chi connectivity index (χ3v) is 8.23. The van der Waals surface area contributed by atoms with Crippen LogP contribution in [0.3, 0.4) is 0 Å². The summed E-state index contributed by atoms with van der Waals surface area (Å²) in [5.74, 6) is -1.10. The van der Waals surface area contributed by atoms with Crippen LogP contribution < -0.4 is 5.32 Å². The first-order chi connectivity index (χ1) is 16.1. The Bertz CT molecular complexity index is 1270. The molecule has 0 radical (unpaired) electrons. The molecule has 2 amide bonds. The van der Waals surface area contributed by atoms with Crippen molar-refractivity contribution in [1.29, 1.82) is 0 Å². The summed E-state index contributed by atoms with van der Waals surface area (Å²) in [5, 5.41) is 3.22. The van der Waals surface area contributed by atoms with Gasteiger partial charge < -0.3 is 15.0 Å². The number of rotatable bonds is 6. The molecule has 34 heavy (non-hydrogen) atoms. The molecule has 3 aliphatic rings. The Balaban J connectivity index is 1.39. The molecular weight excluding hydrogens is 483 g/mol. The van der Waals surface area contributed by atoms with Crippen LogP contribution in [0.5, 0.6) is 0 Å². The number of amides is 2. The number of hydrogen-bond donors (Lipinski definition) is 1. The van der Waals surface area contributed by atoms with Crippen molar-refractivity contribution < 1.29 is 27.1 Å². The van der Waals surface area contributed by atoms with Gasteiger partial charge in [0.1, 0.15) is 11.9 Å². The van der Waals surface area contributed by atoms with E-state index in [4.69, 9.17) is 16.3 Å². The van der Waals surface area contributed by atoms with Crippen molar-refractivity contribution in [2.24, 2.45) is 11.8 Å². The fourth-order valence-corrected chi connectivity index (χ4v) is 5.72. The van der Waals surface area contributed by atoms with Crippen LogP contribution in [0.15, 0.2) is 47.4 Å². The minimum Gasteiger partial charge on any atom is -0.381 e. The van der Waals surface area contributed by atoms with E-state index in [0.29, 0.717) is 25.2 Å². The summed E-state index contributed by atoms with van der Waals surface area (Å²) in [6, 6.07) is 8.84. The molecule has 1 unspecified atom stereocenters. The van der Waals surface area contributed by atoms with Crippen LogP contribution >= 0.6 is 11.6 Å². The van der Waals surface area contributed by atoms with Crippen molar-refractivity contribution in [3.63, 3.8) is 0 Å². The third-order valence-electron chi connectivity index (χ3n) is 6.88. The number of nitrogens with zero attached hydrogens (tertiary/aromatic N) is 1. The Morgan fingerprint density at radius 1 is 1.18 bits per heavy atom. The number of nitrogens with one attached hydrogen (secondary N) is 1. The highest BCUT2D eigenvalue weighted by atomic mass is 35.5. The maximum atomic E-state index is 14.7. The lowest BCUT2D eigenvalue weighted by Crippen LogP contribution is -2.51. The topological polar surface area (TPSA) is 92.8 Å². The Kier molecular flexibility index (Phi) is 5.90. The Morgan fingerprint density at radius 2 is 1.94 bits per heavy atom. The lowest BCUT2D eigenvalue weighted by atomic mass is 9.90. The molecule has 0 bridgehead atoms. The molecule has 1 aliphatic carbocycles. The van der Waals surface area contributed by atoms with Gasteiger partial charge in [0.05, 0.1) is 24.2 Å². The number of halogens is 2. The highest BCUT2D eigenvalue weighted by molar-refractivity contribution is 7.90. The predicted octanol–water partition coefficient (Wildman–Crippen LogP) is 2.99. The van der Waals surface area contributed by atoms with Gasteiger partial charge >= 0.3 is 0 Å². The van der Waals surface area contributed by atoms with E-state index in [1.54, 1.807) is 23.1 Å². The minimum atomic E-state index is -3.48. The SMILES string of the molecule is CS(=O)(=O)c1cccc(C(=O)N2[C@@H](C(=O)NC(c3ccc(Cl)cc3F)C3COC3)C[C@H]3C[C@H]32)c1. The quantitative estimate of drug-likeness (QED) is 0.650. The summed E-state index contributed by atoms with van der Waals surface area (Å²) in [7, 11) is -3.48. The van der Waals surface area contributed by atoms with Gasteiger partial charge in [-0.2, -0.15) is 0 Å². The molecule has 1 saturated carbocycles. The Hall–Kier alpha value is -2.49. The average molecular weight is 507 g/mol. The molecular formula is C24H24ClFN2O5S. The molecule has 2 aliphatic heterocycles.